The lowest BCUT2D eigenvalue weighted by molar-refractivity contribution is 0.660. The maximum atomic E-state index is 2.48. The summed E-state index contributed by atoms with van der Waals surface area (Å²) >= 11 is 0. The average Bonchev–Trinajstić information content (AvgIpc) is 3.47. The van der Waals surface area contributed by atoms with Gasteiger partial charge in [0.25, 0.3) is 0 Å². The highest BCUT2D eigenvalue weighted by Crippen LogP contribution is 2.53. The van der Waals surface area contributed by atoms with Gasteiger partial charge in [-0.1, -0.05) is 147 Å². The van der Waals surface area contributed by atoms with Gasteiger partial charge in [0.2, 0.25) is 0 Å². The van der Waals surface area contributed by atoms with Gasteiger partial charge < -0.3 is 9.80 Å². The van der Waals surface area contributed by atoms with E-state index in [0.717, 1.165) is 34.1 Å². The van der Waals surface area contributed by atoms with Gasteiger partial charge in [0.1, 0.15) is 0 Å². The first-order valence-corrected chi connectivity index (χ1v) is 19.5. The number of aryl methyl sites for hydroxylation is 1. The lowest BCUT2D eigenvalue weighted by atomic mass is 9.82. The molecule has 2 heteroatoms. The monoisotopic (exact) mass is 718 g/mol. The van der Waals surface area contributed by atoms with Crippen molar-refractivity contribution in [3.8, 4) is 22.3 Å². The van der Waals surface area contributed by atoms with Gasteiger partial charge in [0, 0.05) is 39.4 Å². The highest BCUT2D eigenvalue weighted by molar-refractivity contribution is 5.99. The van der Waals surface area contributed by atoms with Crippen LogP contribution in [0.25, 0.3) is 43.8 Å². The fourth-order valence-corrected chi connectivity index (χ4v) is 8.90. The predicted octanol–water partition coefficient (Wildman–Crippen LogP) is 15.2. The van der Waals surface area contributed by atoms with Crippen LogP contribution in [0.2, 0.25) is 0 Å². The smallest absolute Gasteiger partial charge is 0.0546 e. The fraction of sp³-hybridized carbons (Fsp3) is 0.0741. The summed E-state index contributed by atoms with van der Waals surface area (Å²) in [7, 11) is 0. The summed E-state index contributed by atoms with van der Waals surface area (Å²) in [6, 6.07) is 73.2. The minimum atomic E-state index is -0.147. The Bertz CT molecular complexity index is 2910. The zero-order chi connectivity index (χ0) is 37.8. The van der Waals surface area contributed by atoms with Gasteiger partial charge in [-0.25, -0.2) is 0 Å². The van der Waals surface area contributed by atoms with Crippen LogP contribution in [0.4, 0.5) is 34.1 Å². The molecule has 0 fully saturated rings. The molecular weight excluding hydrogens is 677 g/mol. The van der Waals surface area contributed by atoms with E-state index >= 15 is 0 Å². The van der Waals surface area contributed by atoms with E-state index in [9.17, 15) is 0 Å². The second-order valence-electron chi connectivity index (χ2n) is 15.5. The van der Waals surface area contributed by atoms with E-state index in [1.165, 1.54) is 60.5 Å². The van der Waals surface area contributed by atoms with Crippen molar-refractivity contribution < 1.29 is 0 Å². The quantitative estimate of drug-likeness (QED) is 0.162. The Morgan fingerprint density at radius 3 is 1.66 bits per heavy atom. The van der Waals surface area contributed by atoms with E-state index < -0.39 is 0 Å². The summed E-state index contributed by atoms with van der Waals surface area (Å²) in [5.41, 5.74) is 15.6. The Morgan fingerprint density at radius 1 is 0.357 bits per heavy atom. The molecule has 0 unspecified atom stereocenters. The molecule has 2 nitrogen and oxygen atoms in total. The Balaban J connectivity index is 1.22. The number of nitrogens with zero attached hydrogens (tertiary/aromatic N) is 2. The molecule has 0 N–H and O–H groups in total. The summed E-state index contributed by atoms with van der Waals surface area (Å²) in [6.07, 6.45) is 0. The first-order chi connectivity index (χ1) is 27.4. The second kappa shape index (κ2) is 13.4. The Kier molecular flexibility index (Phi) is 8.08. The molecule has 9 aromatic carbocycles. The summed E-state index contributed by atoms with van der Waals surface area (Å²) in [5.74, 6) is 0. The normalized spacial score (nSPS) is 12.7. The number of rotatable bonds is 7. The van der Waals surface area contributed by atoms with Crippen molar-refractivity contribution in [1.29, 1.82) is 0 Å². The SMILES string of the molecule is Cc1cccc2c1-c1ccc(N(c3cccc(N(c4ccccc4)c4ccc5ccccc5c4)c3)c3cc4ccccc4cc3-c3ccccc3)cc1C2(C)C. The zero-order valence-corrected chi connectivity index (χ0v) is 31.9. The van der Waals surface area contributed by atoms with Gasteiger partial charge in [-0.15, -0.1) is 0 Å². The van der Waals surface area contributed by atoms with Crippen LogP contribution in [0.5, 0.6) is 0 Å². The van der Waals surface area contributed by atoms with Gasteiger partial charge in [0.05, 0.1) is 5.69 Å². The van der Waals surface area contributed by atoms with E-state index in [4.69, 9.17) is 0 Å². The largest absolute Gasteiger partial charge is 0.310 e. The van der Waals surface area contributed by atoms with Crippen LogP contribution in [0.1, 0.15) is 30.5 Å². The zero-order valence-electron chi connectivity index (χ0n) is 31.9. The van der Waals surface area contributed by atoms with Crippen molar-refractivity contribution in [3.63, 3.8) is 0 Å². The van der Waals surface area contributed by atoms with Gasteiger partial charge >= 0.3 is 0 Å². The van der Waals surface area contributed by atoms with E-state index in [2.05, 4.69) is 231 Å². The van der Waals surface area contributed by atoms with Crippen molar-refractivity contribution in [2.75, 3.05) is 9.80 Å². The van der Waals surface area contributed by atoms with Crippen LogP contribution >= 0.6 is 0 Å². The molecule has 0 atom stereocenters. The van der Waals surface area contributed by atoms with Gasteiger partial charge in [0.15, 0.2) is 0 Å². The first-order valence-electron chi connectivity index (χ1n) is 19.5. The standard InChI is InChI=1S/C54H42N2/c1-37-16-14-27-50-53(37)48-31-30-47(36-51(48)54(50,2)3)56(52-34-42-22-13-12-21-41(42)33-49(52)39-18-6-4-7-19-39)45-26-15-25-44(35-45)55(43-23-8-5-9-24-43)46-29-28-38-17-10-11-20-40(38)32-46/h4-36H,1-3H3. The van der Waals surface area contributed by atoms with E-state index in [1.54, 1.807) is 0 Å². The van der Waals surface area contributed by atoms with Crippen LogP contribution < -0.4 is 9.80 Å². The number of hydrogen-bond donors (Lipinski definition) is 0. The highest BCUT2D eigenvalue weighted by Gasteiger charge is 2.37. The maximum Gasteiger partial charge on any atom is 0.0546 e. The van der Waals surface area contributed by atoms with E-state index in [0.29, 0.717) is 0 Å². The third-order valence-electron chi connectivity index (χ3n) is 11.7. The van der Waals surface area contributed by atoms with Crippen molar-refractivity contribution in [2.24, 2.45) is 0 Å². The van der Waals surface area contributed by atoms with Crippen molar-refractivity contribution >= 4 is 55.7 Å². The number of benzene rings is 9. The molecule has 56 heavy (non-hydrogen) atoms. The van der Waals surface area contributed by atoms with E-state index in [-0.39, 0.29) is 5.41 Å². The summed E-state index contributed by atoms with van der Waals surface area (Å²) in [6.45, 7) is 6.99. The molecule has 0 bridgehead atoms. The molecule has 0 spiro atoms. The van der Waals surface area contributed by atoms with Crippen LogP contribution in [-0.2, 0) is 5.41 Å². The molecule has 0 amide bonds. The van der Waals surface area contributed by atoms with Gasteiger partial charge in [-0.05, 0) is 129 Å². The molecule has 268 valence electrons. The number of fused-ring (bicyclic) bond motifs is 5. The molecule has 1 aliphatic rings. The van der Waals surface area contributed by atoms with Crippen LogP contribution in [0.15, 0.2) is 200 Å². The molecule has 0 saturated carbocycles. The molecular formula is C54H42N2. The molecule has 0 aliphatic heterocycles. The minimum Gasteiger partial charge on any atom is -0.310 e. The van der Waals surface area contributed by atoms with E-state index in [1.807, 2.05) is 0 Å². The number of hydrogen-bond acceptors (Lipinski definition) is 2. The molecule has 0 heterocycles. The Morgan fingerprint density at radius 2 is 0.911 bits per heavy atom. The van der Waals surface area contributed by atoms with Crippen molar-refractivity contribution in [2.45, 2.75) is 26.2 Å². The molecule has 9 aromatic rings. The summed E-state index contributed by atoms with van der Waals surface area (Å²) in [5, 5.41) is 4.86. The van der Waals surface area contributed by atoms with Gasteiger partial charge in [-0.3, -0.25) is 0 Å². The average molecular weight is 719 g/mol. The third-order valence-corrected chi connectivity index (χ3v) is 11.7. The van der Waals surface area contributed by atoms with Crippen LogP contribution in [0, 0.1) is 6.92 Å². The number of anilines is 6. The lowest BCUT2D eigenvalue weighted by Crippen LogP contribution is -2.17. The van der Waals surface area contributed by atoms with Crippen LogP contribution in [-0.4, -0.2) is 0 Å². The van der Waals surface area contributed by atoms with Gasteiger partial charge in [-0.2, -0.15) is 0 Å². The first kappa shape index (κ1) is 33.7. The summed E-state index contributed by atoms with van der Waals surface area (Å²) in [4.78, 5) is 4.85. The van der Waals surface area contributed by atoms with Crippen molar-refractivity contribution in [1.82, 2.24) is 0 Å². The molecule has 0 aromatic heterocycles. The molecule has 0 radical (unpaired) electrons. The Hall–Kier alpha value is -6.90. The third kappa shape index (κ3) is 5.65. The molecule has 10 rings (SSSR count). The second-order valence-corrected chi connectivity index (χ2v) is 15.5. The Labute approximate surface area is 329 Å². The maximum absolute atomic E-state index is 2.48. The highest BCUT2D eigenvalue weighted by atomic mass is 15.2. The fourth-order valence-electron chi connectivity index (χ4n) is 8.90. The lowest BCUT2D eigenvalue weighted by Gasteiger charge is -2.32. The van der Waals surface area contributed by atoms with Crippen molar-refractivity contribution in [3.05, 3.63) is 217 Å². The molecule has 1 aliphatic carbocycles. The topological polar surface area (TPSA) is 6.48 Å². The minimum absolute atomic E-state index is 0.147. The predicted molar refractivity (Wildman–Crippen MR) is 239 cm³/mol. The summed E-state index contributed by atoms with van der Waals surface area (Å²) < 4.78 is 0. The number of para-hydroxylation sites is 1. The molecule has 0 saturated heterocycles. The van der Waals surface area contributed by atoms with Crippen LogP contribution in [0.3, 0.4) is 0 Å².